The van der Waals surface area contributed by atoms with Crippen molar-refractivity contribution in [3.63, 3.8) is 0 Å². The third kappa shape index (κ3) is 5.01. The van der Waals surface area contributed by atoms with Gasteiger partial charge in [0.1, 0.15) is 0 Å². The average molecular weight is 284 g/mol. The average Bonchev–Trinajstić information content (AvgIpc) is 2.43. The second-order valence-corrected chi connectivity index (χ2v) is 7.58. The highest BCUT2D eigenvalue weighted by Crippen LogP contribution is 2.41. The molecule has 1 saturated carbocycles. The smallest absolute Gasteiger partial charge is 0.0304 e. The summed E-state index contributed by atoms with van der Waals surface area (Å²) in [6, 6.07) is 0. The molecule has 0 aromatic carbocycles. The van der Waals surface area contributed by atoms with E-state index in [0.717, 1.165) is 38.6 Å². The lowest BCUT2D eigenvalue weighted by atomic mass is 9.67. The van der Waals surface area contributed by atoms with Crippen molar-refractivity contribution in [2.45, 2.75) is 65.8 Å². The van der Waals surface area contributed by atoms with Crippen LogP contribution in [0.4, 0.5) is 0 Å². The Morgan fingerprint density at radius 1 is 1.15 bits per heavy atom. The molecule has 1 rings (SSSR count). The van der Waals surface area contributed by atoms with Crippen LogP contribution in [0, 0.1) is 11.3 Å². The van der Waals surface area contributed by atoms with Gasteiger partial charge in [0.15, 0.2) is 0 Å². The minimum atomic E-state index is 0.203. The number of nitrogens with two attached hydrogens (primary N) is 1. The van der Waals surface area contributed by atoms with E-state index < -0.39 is 0 Å². The Morgan fingerprint density at radius 3 is 2.10 bits per heavy atom. The molecule has 1 aliphatic rings. The van der Waals surface area contributed by atoms with E-state index in [1.54, 1.807) is 0 Å². The number of hydrogen-bond donors (Lipinski definition) is 2. The van der Waals surface area contributed by atoms with Gasteiger partial charge in [-0.15, -0.1) is 0 Å². The number of rotatable bonds is 7. The molecule has 0 aliphatic heterocycles. The van der Waals surface area contributed by atoms with Crippen molar-refractivity contribution in [2.24, 2.45) is 17.1 Å². The first kappa shape index (κ1) is 17.9. The van der Waals surface area contributed by atoms with Gasteiger partial charge in [0.2, 0.25) is 0 Å². The molecule has 0 aromatic heterocycles. The maximum atomic E-state index is 6.10. The minimum Gasteiger partial charge on any atom is -0.329 e. The van der Waals surface area contributed by atoms with Crippen LogP contribution in [0.25, 0.3) is 0 Å². The Kier molecular flexibility index (Phi) is 6.96. The molecule has 20 heavy (non-hydrogen) atoms. The first-order chi connectivity index (χ1) is 9.37. The maximum absolute atomic E-state index is 6.10. The van der Waals surface area contributed by atoms with Crippen LogP contribution in [0.5, 0.6) is 0 Å². The highest BCUT2D eigenvalue weighted by Gasteiger charge is 2.37. The molecule has 0 aromatic rings. The Morgan fingerprint density at radius 2 is 1.70 bits per heavy atom. The van der Waals surface area contributed by atoms with Gasteiger partial charge in [-0.1, -0.05) is 34.6 Å². The molecule has 120 valence electrons. The highest BCUT2D eigenvalue weighted by atomic mass is 15.1. The maximum Gasteiger partial charge on any atom is 0.0304 e. The molecule has 0 spiro atoms. The summed E-state index contributed by atoms with van der Waals surface area (Å²) in [5.74, 6) is 0.853. The van der Waals surface area contributed by atoms with Gasteiger partial charge in [-0.05, 0) is 50.1 Å². The Bertz CT molecular complexity index is 258. The van der Waals surface area contributed by atoms with Gasteiger partial charge in [-0.3, -0.25) is 0 Å². The van der Waals surface area contributed by atoms with Crippen LogP contribution in [-0.4, -0.2) is 43.2 Å². The summed E-state index contributed by atoms with van der Waals surface area (Å²) in [6.07, 6.45) is 5.12. The van der Waals surface area contributed by atoms with Gasteiger partial charge in [-0.2, -0.15) is 0 Å². The van der Waals surface area contributed by atoms with Crippen molar-refractivity contribution in [3.05, 3.63) is 0 Å². The van der Waals surface area contributed by atoms with E-state index in [-0.39, 0.29) is 5.54 Å². The SMILES string of the molecule is CCN(CC)CCNC1(CN)CCC(C(C)(C)C)CC1. The molecule has 0 saturated heterocycles. The molecular weight excluding hydrogens is 246 g/mol. The zero-order valence-electron chi connectivity index (χ0n) is 14.5. The molecule has 0 amide bonds. The van der Waals surface area contributed by atoms with Gasteiger partial charge >= 0.3 is 0 Å². The van der Waals surface area contributed by atoms with Crippen molar-refractivity contribution >= 4 is 0 Å². The molecule has 0 radical (unpaired) electrons. The van der Waals surface area contributed by atoms with Crippen molar-refractivity contribution in [2.75, 3.05) is 32.7 Å². The van der Waals surface area contributed by atoms with E-state index in [4.69, 9.17) is 5.73 Å². The van der Waals surface area contributed by atoms with Gasteiger partial charge in [-0.25, -0.2) is 0 Å². The van der Waals surface area contributed by atoms with Crippen molar-refractivity contribution in [1.82, 2.24) is 10.2 Å². The fourth-order valence-electron chi connectivity index (χ4n) is 3.51. The molecular formula is C17H37N3. The quantitative estimate of drug-likeness (QED) is 0.755. The summed E-state index contributed by atoms with van der Waals surface area (Å²) in [6.45, 7) is 16.9. The highest BCUT2D eigenvalue weighted by molar-refractivity contribution is 4.95. The van der Waals surface area contributed by atoms with Gasteiger partial charge in [0, 0.05) is 25.2 Å². The molecule has 3 N–H and O–H groups in total. The molecule has 1 fully saturated rings. The normalized spacial score (nSPS) is 28.1. The van der Waals surface area contributed by atoms with E-state index in [0.29, 0.717) is 5.41 Å². The largest absolute Gasteiger partial charge is 0.329 e. The number of likely N-dealkylation sites (N-methyl/N-ethyl adjacent to an activating group) is 1. The number of hydrogen-bond acceptors (Lipinski definition) is 3. The van der Waals surface area contributed by atoms with Crippen LogP contribution in [0.3, 0.4) is 0 Å². The van der Waals surface area contributed by atoms with Crippen molar-refractivity contribution in [1.29, 1.82) is 0 Å². The fraction of sp³-hybridized carbons (Fsp3) is 1.00. The topological polar surface area (TPSA) is 41.3 Å². The van der Waals surface area contributed by atoms with Gasteiger partial charge < -0.3 is 16.0 Å². The second-order valence-electron chi connectivity index (χ2n) is 7.58. The van der Waals surface area contributed by atoms with Crippen LogP contribution in [0.15, 0.2) is 0 Å². The molecule has 0 bridgehead atoms. The van der Waals surface area contributed by atoms with Crippen molar-refractivity contribution < 1.29 is 0 Å². The summed E-state index contributed by atoms with van der Waals surface area (Å²) < 4.78 is 0. The molecule has 0 unspecified atom stereocenters. The van der Waals surface area contributed by atoms with Gasteiger partial charge in [0.05, 0.1) is 0 Å². The molecule has 0 heterocycles. The summed E-state index contributed by atoms with van der Waals surface area (Å²) in [5, 5.41) is 3.79. The van der Waals surface area contributed by atoms with E-state index >= 15 is 0 Å². The summed E-state index contributed by atoms with van der Waals surface area (Å²) in [4.78, 5) is 2.47. The summed E-state index contributed by atoms with van der Waals surface area (Å²) >= 11 is 0. The van der Waals surface area contributed by atoms with Crippen molar-refractivity contribution in [3.8, 4) is 0 Å². The molecule has 1 aliphatic carbocycles. The van der Waals surface area contributed by atoms with E-state index in [1.807, 2.05) is 0 Å². The molecule has 3 nitrogen and oxygen atoms in total. The van der Waals surface area contributed by atoms with E-state index in [2.05, 4.69) is 44.8 Å². The first-order valence-corrected chi connectivity index (χ1v) is 8.54. The predicted octanol–water partition coefficient (Wildman–Crippen LogP) is 2.85. The first-order valence-electron chi connectivity index (χ1n) is 8.54. The van der Waals surface area contributed by atoms with Crippen LogP contribution in [0.1, 0.15) is 60.3 Å². The molecule has 0 atom stereocenters. The summed E-state index contributed by atoms with van der Waals surface area (Å²) in [5.41, 5.74) is 6.75. The number of nitrogens with zero attached hydrogens (tertiary/aromatic N) is 1. The third-order valence-electron chi connectivity index (χ3n) is 5.38. The van der Waals surface area contributed by atoms with Crippen LogP contribution < -0.4 is 11.1 Å². The fourth-order valence-corrected chi connectivity index (χ4v) is 3.51. The van der Waals surface area contributed by atoms with E-state index in [1.165, 1.54) is 25.7 Å². The standard InChI is InChI=1S/C17H37N3/c1-6-20(7-2)13-12-19-17(14-18)10-8-15(9-11-17)16(3,4)5/h15,19H,6-14,18H2,1-5H3. The monoisotopic (exact) mass is 283 g/mol. The van der Waals surface area contributed by atoms with E-state index in [9.17, 15) is 0 Å². The predicted molar refractivity (Wildman–Crippen MR) is 89.0 cm³/mol. The Balaban J connectivity index is 2.42. The lowest BCUT2D eigenvalue weighted by Gasteiger charge is -2.44. The van der Waals surface area contributed by atoms with Crippen LogP contribution in [0.2, 0.25) is 0 Å². The lowest BCUT2D eigenvalue weighted by molar-refractivity contribution is 0.115. The zero-order valence-corrected chi connectivity index (χ0v) is 14.5. The second kappa shape index (κ2) is 7.77. The van der Waals surface area contributed by atoms with Gasteiger partial charge in [0.25, 0.3) is 0 Å². The minimum absolute atomic E-state index is 0.203. The van der Waals surface area contributed by atoms with Crippen LogP contribution >= 0.6 is 0 Å². The summed E-state index contributed by atoms with van der Waals surface area (Å²) in [7, 11) is 0. The third-order valence-corrected chi connectivity index (χ3v) is 5.38. The lowest BCUT2D eigenvalue weighted by Crippen LogP contribution is -2.55. The number of nitrogens with one attached hydrogen (secondary N) is 1. The Hall–Kier alpha value is -0.120. The zero-order chi connectivity index (χ0) is 15.2. The molecule has 3 heteroatoms. The van der Waals surface area contributed by atoms with Crippen LogP contribution in [-0.2, 0) is 0 Å². The Labute approximate surface area is 126 Å².